The topological polar surface area (TPSA) is 105 Å². The lowest BCUT2D eigenvalue weighted by molar-refractivity contribution is -0.384. The molecule has 0 aliphatic rings. The van der Waals surface area contributed by atoms with E-state index in [9.17, 15) is 14.9 Å². The van der Waals surface area contributed by atoms with E-state index in [0.717, 1.165) is 0 Å². The van der Waals surface area contributed by atoms with E-state index in [1.54, 1.807) is 14.0 Å². The molecular weight excluding hydrogens is 262 g/mol. The van der Waals surface area contributed by atoms with Crippen molar-refractivity contribution in [1.82, 2.24) is 20.1 Å². The van der Waals surface area contributed by atoms with Crippen LogP contribution in [0.25, 0.3) is 0 Å². The van der Waals surface area contributed by atoms with Crippen LogP contribution in [0.2, 0.25) is 0 Å². The van der Waals surface area contributed by atoms with Gasteiger partial charge in [-0.3, -0.25) is 20.0 Å². The summed E-state index contributed by atoms with van der Waals surface area (Å²) in [6.07, 6.45) is 0. The number of hydrogen-bond donors (Lipinski definition) is 1. The fourth-order valence-corrected chi connectivity index (χ4v) is 1.69. The van der Waals surface area contributed by atoms with Gasteiger partial charge < -0.3 is 4.90 Å². The zero-order valence-corrected chi connectivity index (χ0v) is 11.0. The first-order valence-corrected chi connectivity index (χ1v) is 5.85. The molecule has 0 saturated heterocycles. The number of nitrogens with one attached hydrogen (secondary N) is 1. The van der Waals surface area contributed by atoms with Crippen LogP contribution in [0.3, 0.4) is 0 Å². The van der Waals surface area contributed by atoms with E-state index < -0.39 is 4.92 Å². The molecule has 1 amide bonds. The molecule has 1 heterocycles. The van der Waals surface area contributed by atoms with E-state index in [0.29, 0.717) is 17.2 Å². The molecule has 0 aliphatic heterocycles. The third-order valence-electron chi connectivity index (χ3n) is 2.69. The third-order valence-corrected chi connectivity index (χ3v) is 2.69. The summed E-state index contributed by atoms with van der Waals surface area (Å²) in [7, 11) is 1.62. The second kappa shape index (κ2) is 5.47. The Kier molecular flexibility index (Phi) is 3.74. The van der Waals surface area contributed by atoms with E-state index in [1.165, 1.54) is 29.2 Å². The van der Waals surface area contributed by atoms with Gasteiger partial charge in [0.15, 0.2) is 5.82 Å². The first-order chi connectivity index (χ1) is 9.47. The Labute approximate surface area is 114 Å². The molecule has 0 atom stereocenters. The average Bonchev–Trinajstić information content (AvgIpc) is 2.83. The number of carbonyl (C=O) groups is 1. The molecule has 104 valence electrons. The maximum absolute atomic E-state index is 12.1. The number of H-pyrrole nitrogens is 1. The summed E-state index contributed by atoms with van der Waals surface area (Å²) in [6.45, 7) is 2.04. The lowest BCUT2D eigenvalue weighted by Crippen LogP contribution is -2.26. The fraction of sp³-hybridized carbons (Fsp3) is 0.250. The summed E-state index contributed by atoms with van der Waals surface area (Å²) < 4.78 is 0. The summed E-state index contributed by atoms with van der Waals surface area (Å²) in [5.41, 5.74) is 0.333. The molecule has 2 rings (SSSR count). The molecule has 0 spiro atoms. The number of rotatable bonds is 4. The second-order valence-electron chi connectivity index (χ2n) is 4.30. The van der Waals surface area contributed by atoms with Gasteiger partial charge in [0.25, 0.3) is 11.6 Å². The van der Waals surface area contributed by atoms with Crippen molar-refractivity contribution < 1.29 is 9.72 Å². The number of nitro groups is 1. The van der Waals surface area contributed by atoms with E-state index in [2.05, 4.69) is 15.2 Å². The van der Waals surface area contributed by atoms with Gasteiger partial charge in [-0.2, -0.15) is 5.10 Å². The molecule has 0 aliphatic carbocycles. The second-order valence-corrected chi connectivity index (χ2v) is 4.30. The Balaban J connectivity index is 2.08. The Morgan fingerprint density at radius 1 is 1.40 bits per heavy atom. The molecule has 20 heavy (non-hydrogen) atoms. The van der Waals surface area contributed by atoms with Crippen molar-refractivity contribution in [3.05, 3.63) is 51.6 Å². The SMILES string of the molecule is Cc1nc(CN(C)C(=O)c2ccc([N+](=O)[O-])cc2)n[nH]1. The number of amides is 1. The quantitative estimate of drug-likeness (QED) is 0.668. The Morgan fingerprint density at radius 3 is 2.55 bits per heavy atom. The maximum Gasteiger partial charge on any atom is 0.269 e. The Hall–Kier alpha value is -2.77. The van der Waals surface area contributed by atoms with E-state index in [4.69, 9.17) is 0 Å². The number of nitrogens with zero attached hydrogens (tertiary/aromatic N) is 4. The number of non-ortho nitro benzene ring substituents is 1. The highest BCUT2D eigenvalue weighted by Crippen LogP contribution is 2.13. The van der Waals surface area contributed by atoms with Gasteiger partial charge in [-0.15, -0.1) is 0 Å². The highest BCUT2D eigenvalue weighted by molar-refractivity contribution is 5.94. The normalized spacial score (nSPS) is 10.3. The summed E-state index contributed by atoms with van der Waals surface area (Å²) in [4.78, 5) is 27.7. The Bertz CT molecular complexity index is 635. The number of nitro benzene ring substituents is 1. The van der Waals surface area contributed by atoms with Gasteiger partial charge >= 0.3 is 0 Å². The van der Waals surface area contributed by atoms with Crippen molar-refractivity contribution in [2.24, 2.45) is 0 Å². The first kappa shape index (κ1) is 13.7. The van der Waals surface area contributed by atoms with Crippen molar-refractivity contribution >= 4 is 11.6 Å². The minimum Gasteiger partial charge on any atom is -0.334 e. The highest BCUT2D eigenvalue weighted by Gasteiger charge is 2.15. The van der Waals surface area contributed by atoms with Crippen LogP contribution >= 0.6 is 0 Å². The van der Waals surface area contributed by atoms with Crippen molar-refractivity contribution in [2.45, 2.75) is 13.5 Å². The lowest BCUT2D eigenvalue weighted by atomic mass is 10.2. The molecule has 1 aromatic carbocycles. The van der Waals surface area contributed by atoms with Crippen LogP contribution in [0.15, 0.2) is 24.3 Å². The molecule has 0 unspecified atom stereocenters. The lowest BCUT2D eigenvalue weighted by Gasteiger charge is -2.14. The smallest absolute Gasteiger partial charge is 0.269 e. The van der Waals surface area contributed by atoms with Gasteiger partial charge in [-0.1, -0.05) is 0 Å². The number of aromatic nitrogens is 3. The summed E-state index contributed by atoms with van der Waals surface area (Å²) in [6, 6.07) is 5.47. The fourth-order valence-electron chi connectivity index (χ4n) is 1.69. The van der Waals surface area contributed by atoms with Crippen molar-refractivity contribution in [3.63, 3.8) is 0 Å². The number of aromatic amines is 1. The monoisotopic (exact) mass is 275 g/mol. The summed E-state index contributed by atoms with van der Waals surface area (Å²) in [5, 5.41) is 17.2. The van der Waals surface area contributed by atoms with Gasteiger partial charge in [0.2, 0.25) is 0 Å². The number of hydrogen-bond acceptors (Lipinski definition) is 5. The van der Waals surface area contributed by atoms with Crippen LogP contribution < -0.4 is 0 Å². The molecule has 2 aromatic rings. The predicted octanol–water partition coefficient (Wildman–Crippen LogP) is 1.29. The maximum atomic E-state index is 12.1. The van der Waals surface area contributed by atoms with Crippen LogP contribution in [0, 0.1) is 17.0 Å². The summed E-state index contributed by atoms with van der Waals surface area (Å²) in [5.74, 6) is 0.943. The molecule has 0 saturated carbocycles. The number of carbonyl (C=O) groups excluding carboxylic acids is 1. The van der Waals surface area contributed by atoms with Gasteiger partial charge in [0, 0.05) is 24.7 Å². The Morgan fingerprint density at radius 2 is 2.05 bits per heavy atom. The molecule has 0 bridgehead atoms. The van der Waals surface area contributed by atoms with Crippen LogP contribution in [0.4, 0.5) is 5.69 Å². The van der Waals surface area contributed by atoms with Crippen molar-refractivity contribution in [2.75, 3.05) is 7.05 Å². The van der Waals surface area contributed by atoms with Gasteiger partial charge in [-0.25, -0.2) is 4.98 Å². The zero-order chi connectivity index (χ0) is 14.7. The predicted molar refractivity (Wildman–Crippen MR) is 70.0 cm³/mol. The van der Waals surface area contributed by atoms with Gasteiger partial charge in [0.1, 0.15) is 5.82 Å². The van der Waals surface area contributed by atoms with Crippen LogP contribution in [-0.2, 0) is 6.54 Å². The zero-order valence-electron chi connectivity index (χ0n) is 11.0. The largest absolute Gasteiger partial charge is 0.334 e. The molecule has 0 fully saturated rings. The van der Waals surface area contributed by atoms with Crippen LogP contribution in [0.1, 0.15) is 22.0 Å². The molecule has 1 N–H and O–H groups in total. The van der Waals surface area contributed by atoms with E-state index >= 15 is 0 Å². The average molecular weight is 275 g/mol. The molecule has 1 aromatic heterocycles. The van der Waals surface area contributed by atoms with Crippen molar-refractivity contribution in [1.29, 1.82) is 0 Å². The number of aryl methyl sites for hydroxylation is 1. The van der Waals surface area contributed by atoms with E-state index in [-0.39, 0.29) is 18.1 Å². The molecule has 0 radical (unpaired) electrons. The van der Waals surface area contributed by atoms with Crippen LogP contribution in [0.5, 0.6) is 0 Å². The third kappa shape index (κ3) is 2.97. The standard InChI is InChI=1S/C12H13N5O3/c1-8-13-11(15-14-8)7-16(2)12(18)9-3-5-10(6-4-9)17(19)20/h3-6H,7H2,1-2H3,(H,13,14,15). The molecule has 8 heteroatoms. The number of benzene rings is 1. The van der Waals surface area contributed by atoms with Crippen LogP contribution in [-0.4, -0.2) is 38.0 Å². The highest BCUT2D eigenvalue weighted by atomic mass is 16.6. The van der Waals surface area contributed by atoms with Gasteiger partial charge in [0.05, 0.1) is 11.5 Å². The first-order valence-electron chi connectivity index (χ1n) is 5.85. The molecule has 8 nitrogen and oxygen atoms in total. The van der Waals surface area contributed by atoms with Gasteiger partial charge in [-0.05, 0) is 19.1 Å². The minimum absolute atomic E-state index is 0.0474. The van der Waals surface area contributed by atoms with E-state index in [1.807, 2.05) is 0 Å². The minimum atomic E-state index is -0.506. The van der Waals surface area contributed by atoms with Crippen molar-refractivity contribution in [3.8, 4) is 0 Å². The summed E-state index contributed by atoms with van der Waals surface area (Å²) >= 11 is 0. The molecular formula is C12H13N5O3.